The molecular weight excluding hydrogens is 388 g/mol. The molecule has 2 heteroatoms. The Labute approximate surface area is 196 Å². The highest BCUT2D eigenvalue weighted by molar-refractivity contribution is 5.72. The zero-order chi connectivity index (χ0) is 23.7. The number of rotatable bonds is 5. The fourth-order valence-corrected chi connectivity index (χ4v) is 4.77. The van der Waals surface area contributed by atoms with Crippen LogP contribution in [0.2, 0.25) is 0 Å². The van der Waals surface area contributed by atoms with Crippen LogP contribution in [0.1, 0.15) is 91.3 Å². The Hall–Kier alpha value is -2.53. The molecule has 0 aliphatic carbocycles. The van der Waals surface area contributed by atoms with Gasteiger partial charge in [-0.15, -0.1) is 0 Å². The molecule has 0 fully saturated rings. The fraction of sp³-hybridized carbons (Fsp3) is 0.500. The van der Waals surface area contributed by atoms with Gasteiger partial charge in [0.25, 0.3) is 0 Å². The van der Waals surface area contributed by atoms with Crippen molar-refractivity contribution in [1.82, 2.24) is 0 Å². The van der Waals surface area contributed by atoms with E-state index >= 15 is 0 Å². The van der Waals surface area contributed by atoms with E-state index in [4.69, 9.17) is 0 Å². The van der Waals surface area contributed by atoms with Crippen molar-refractivity contribution in [3.05, 3.63) is 69.3 Å². The van der Waals surface area contributed by atoms with Crippen LogP contribution < -0.4 is 4.90 Å². The first-order valence-electron chi connectivity index (χ1n) is 12.1. The van der Waals surface area contributed by atoms with Crippen LogP contribution in [0, 0.1) is 11.3 Å². The van der Waals surface area contributed by atoms with E-state index < -0.39 is 0 Å². The first-order valence-corrected chi connectivity index (χ1v) is 12.1. The van der Waals surface area contributed by atoms with Gasteiger partial charge in [0, 0.05) is 24.4 Å². The molecule has 170 valence electrons. The summed E-state index contributed by atoms with van der Waals surface area (Å²) in [4.78, 5) is 2.62. The van der Waals surface area contributed by atoms with E-state index in [0.29, 0.717) is 0 Å². The van der Waals surface area contributed by atoms with Crippen molar-refractivity contribution in [2.75, 3.05) is 18.0 Å². The van der Waals surface area contributed by atoms with Crippen molar-refractivity contribution >= 4 is 11.8 Å². The van der Waals surface area contributed by atoms with Gasteiger partial charge in [-0.2, -0.15) is 5.26 Å². The van der Waals surface area contributed by atoms with Gasteiger partial charge in [0.15, 0.2) is 0 Å². The molecule has 0 saturated carbocycles. The largest absolute Gasteiger partial charge is 0.371 e. The molecule has 2 nitrogen and oxygen atoms in total. The number of hydrogen-bond acceptors (Lipinski definition) is 2. The molecule has 2 aliphatic rings. The smallest absolute Gasteiger partial charge is 0.0950 e. The van der Waals surface area contributed by atoms with Crippen LogP contribution in [-0.2, 0) is 10.8 Å². The van der Waals surface area contributed by atoms with Crippen LogP contribution >= 0.6 is 0 Å². The first-order chi connectivity index (χ1) is 15.0. The van der Waals surface area contributed by atoms with Crippen LogP contribution in [0.4, 0.5) is 5.69 Å². The summed E-state index contributed by atoms with van der Waals surface area (Å²) in [7, 11) is 0. The Bertz CT molecular complexity index is 1010. The number of allylic oxidation sites excluding steroid dienone is 7. The number of anilines is 1. The predicted octanol–water partition coefficient (Wildman–Crippen LogP) is 8.01. The van der Waals surface area contributed by atoms with Crippen LogP contribution in [0.25, 0.3) is 6.08 Å². The number of nitrogens with zero attached hydrogens (tertiary/aromatic N) is 2. The standard InChI is InChI=1S/C30H40N2/c1-9-21(2)16-25(23(4)20-31)17-22(3)10-11-24-18-26-28-27(19-24)30(7,8)13-15-32(28)14-12-29(26,5)6/h10-11,16-19H,9,12-15H2,1-8H3/b11-10+,21-16+,22-17+,25-23-. The van der Waals surface area contributed by atoms with E-state index in [1.54, 1.807) is 0 Å². The highest BCUT2D eigenvalue weighted by Crippen LogP contribution is 2.49. The summed E-state index contributed by atoms with van der Waals surface area (Å²) in [5, 5.41) is 9.42. The van der Waals surface area contributed by atoms with Gasteiger partial charge in [0.1, 0.15) is 0 Å². The summed E-state index contributed by atoms with van der Waals surface area (Å²) in [5.41, 5.74) is 10.4. The molecule has 0 spiro atoms. The molecule has 32 heavy (non-hydrogen) atoms. The minimum atomic E-state index is 0.199. The second kappa shape index (κ2) is 9.14. The quantitative estimate of drug-likeness (QED) is 0.351. The van der Waals surface area contributed by atoms with Gasteiger partial charge in [0.2, 0.25) is 0 Å². The molecule has 0 saturated heterocycles. The van der Waals surface area contributed by atoms with Crippen LogP contribution in [0.5, 0.6) is 0 Å². The Morgan fingerprint density at radius 3 is 2.06 bits per heavy atom. The maximum Gasteiger partial charge on any atom is 0.0950 e. The van der Waals surface area contributed by atoms with Gasteiger partial charge in [-0.05, 0) is 85.3 Å². The SMILES string of the molecule is CC/C(C)=C/C(/C=C(C)/C=C/c1cc2c3c(c1)C(C)(C)CCN3CCC2(C)C)=C(\C)C#N. The minimum absolute atomic E-state index is 0.199. The summed E-state index contributed by atoms with van der Waals surface area (Å²) in [6.07, 6.45) is 12.1. The molecule has 2 aliphatic heterocycles. The lowest BCUT2D eigenvalue weighted by atomic mass is 9.69. The molecule has 0 aromatic heterocycles. The third-order valence-electron chi connectivity index (χ3n) is 7.40. The molecule has 0 amide bonds. The number of hydrogen-bond donors (Lipinski definition) is 0. The summed E-state index contributed by atoms with van der Waals surface area (Å²) in [6.45, 7) is 20.2. The highest BCUT2D eigenvalue weighted by atomic mass is 15.2. The van der Waals surface area contributed by atoms with Crippen molar-refractivity contribution in [1.29, 1.82) is 5.26 Å². The molecule has 0 radical (unpaired) electrons. The predicted molar refractivity (Wildman–Crippen MR) is 139 cm³/mol. The topological polar surface area (TPSA) is 27.0 Å². The lowest BCUT2D eigenvalue weighted by Crippen LogP contribution is -2.44. The second-order valence-corrected chi connectivity index (χ2v) is 11.0. The highest BCUT2D eigenvalue weighted by Gasteiger charge is 2.39. The minimum Gasteiger partial charge on any atom is -0.371 e. The molecule has 3 rings (SSSR count). The fourth-order valence-electron chi connectivity index (χ4n) is 4.77. The monoisotopic (exact) mass is 428 g/mol. The van der Waals surface area contributed by atoms with Gasteiger partial charge in [-0.1, -0.05) is 70.1 Å². The van der Waals surface area contributed by atoms with E-state index in [1.807, 2.05) is 6.92 Å². The molecule has 1 aromatic carbocycles. The summed E-state index contributed by atoms with van der Waals surface area (Å²) < 4.78 is 0. The average molecular weight is 429 g/mol. The zero-order valence-electron chi connectivity index (χ0n) is 21.4. The Balaban J connectivity index is 2.03. The van der Waals surface area contributed by atoms with Crippen molar-refractivity contribution in [3.63, 3.8) is 0 Å². The van der Waals surface area contributed by atoms with Gasteiger partial charge in [-0.3, -0.25) is 0 Å². The van der Waals surface area contributed by atoms with Crippen LogP contribution in [0.15, 0.2) is 52.7 Å². The Morgan fingerprint density at radius 2 is 1.56 bits per heavy atom. The number of benzene rings is 1. The van der Waals surface area contributed by atoms with Gasteiger partial charge in [-0.25, -0.2) is 0 Å². The molecule has 0 unspecified atom stereocenters. The first kappa shape index (κ1) is 24.1. The maximum atomic E-state index is 9.42. The van der Waals surface area contributed by atoms with Crippen LogP contribution in [0.3, 0.4) is 0 Å². The van der Waals surface area contributed by atoms with E-state index in [0.717, 1.165) is 36.2 Å². The molecular formula is C30H40N2. The zero-order valence-corrected chi connectivity index (χ0v) is 21.4. The van der Waals surface area contributed by atoms with Crippen molar-refractivity contribution in [3.8, 4) is 6.07 Å². The van der Waals surface area contributed by atoms with E-state index in [2.05, 4.69) is 95.9 Å². The van der Waals surface area contributed by atoms with Gasteiger partial charge in [0.05, 0.1) is 6.07 Å². The summed E-state index contributed by atoms with van der Waals surface area (Å²) >= 11 is 0. The van der Waals surface area contributed by atoms with Crippen molar-refractivity contribution in [2.24, 2.45) is 0 Å². The van der Waals surface area contributed by atoms with Gasteiger partial charge >= 0.3 is 0 Å². The number of nitriles is 1. The Kier molecular flexibility index (Phi) is 6.89. The average Bonchev–Trinajstić information content (AvgIpc) is 2.75. The lowest BCUT2D eigenvalue weighted by molar-refractivity contribution is 0.401. The van der Waals surface area contributed by atoms with Crippen LogP contribution in [-0.4, -0.2) is 13.1 Å². The molecule has 0 bridgehead atoms. The molecule has 0 N–H and O–H groups in total. The molecule has 0 atom stereocenters. The summed E-state index contributed by atoms with van der Waals surface area (Å²) in [6, 6.07) is 7.14. The van der Waals surface area contributed by atoms with Crippen molar-refractivity contribution in [2.45, 2.75) is 85.5 Å². The third-order valence-corrected chi connectivity index (χ3v) is 7.40. The third kappa shape index (κ3) is 4.93. The Morgan fingerprint density at radius 1 is 1.00 bits per heavy atom. The second-order valence-electron chi connectivity index (χ2n) is 11.0. The maximum absolute atomic E-state index is 9.42. The molecule has 2 heterocycles. The van der Waals surface area contributed by atoms with E-state index in [1.165, 1.54) is 40.8 Å². The van der Waals surface area contributed by atoms with Gasteiger partial charge < -0.3 is 4.90 Å². The molecule has 1 aromatic rings. The van der Waals surface area contributed by atoms with Crippen molar-refractivity contribution < 1.29 is 0 Å². The van der Waals surface area contributed by atoms with E-state index in [-0.39, 0.29) is 10.8 Å². The normalized spacial score (nSPS) is 20.7. The lowest BCUT2D eigenvalue weighted by Gasteiger charge is -2.48. The van der Waals surface area contributed by atoms with E-state index in [9.17, 15) is 5.26 Å². The summed E-state index contributed by atoms with van der Waals surface area (Å²) in [5.74, 6) is 0.